The van der Waals surface area contributed by atoms with Crippen LogP contribution in [0.4, 0.5) is 0 Å². The van der Waals surface area contributed by atoms with Crippen molar-refractivity contribution in [2.45, 2.75) is 31.3 Å². The second-order valence-electron chi connectivity index (χ2n) is 7.12. The van der Waals surface area contributed by atoms with E-state index in [0.717, 1.165) is 10.8 Å². The molecule has 10 heteroatoms. The molecule has 0 radical (unpaired) electrons. The minimum Gasteiger partial charge on any atom is -0.425 e. The van der Waals surface area contributed by atoms with Crippen LogP contribution in [0.25, 0.3) is 10.8 Å². The smallest absolute Gasteiger partial charge is 0.302 e. The number of nitrogens with zero attached hydrogens (tertiary/aromatic N) is 3. The highest BCUT2D eigenvalue weighted by Gasteiger charge is 2.23. The van der Waals surface area contributed by atoms with E-state index in [1.165, 1.54) is 18.2 Å². The molecule has 0 amide bonds. The number of fused-ring (bicyclic) bond motifs is 1. The van der Waals surface area contributed by atoms with Crippen molar-refractivity contribution in [2.24, 2.45) is 0 Å². The van der Waals surface area contributed by atoms with Crippen molar-refractivity contribution in [1.82, 2.24) is 19.3 Å². The fourth-order valence-electron chi connectivity index (χ4n) is 3.35. The van der Waals surface area contributed by atoms with E-state index in [1.54, 1.807) is 25.5 Å². The lowest BCUT2D eigenvalue weighted by molar-refractivity contribution is 0.408. The maximum atomic E-state index is 12.8. The van der Waals surface area contributed by atoms with Gasteiger partial charge in [-0.25, -0.2) is 18.1 Å². The molecule has 0 saturated heterocycles. The minimum absolute atomic E-state index is 0.0301. The SMILES string of the molecule is CCn1c(C(C)NS(=O)(=O)c2ccc(Cl)c(Cl)c2)cnc1Oc1ccc2ccncc2c1. The van der Waals surface area contributed by atoms with Crippen LogP contribution in [-0.2, 0) is 16.6 Å². The summed E-state index contributed by atoms with van der Waals surface area (Å²) in [6.07, 6.45) is 5.10. The largest absolute Gasteiger partial charge is 0.425 e. The van der Waals surface area contributed by atoms with Gasteiger partial charge in [-0.2, -0.15) is 0 Å². The van der Waals surface area contributed by atoms with Gasteiger partial charge in [0.05, 0.1) is 32.9 Å². The van der Waals surface area contributed by atoms with E-state index in [2.05, 4.69) is 14.7 Å². The van der Waals surface area contributed by atoms with Crippen molar-refractivity contribution in [3.63, 3.8) is 0 Å². The molecule has 1 atom stereocenters. The number of hydrogen-bond acceptors (Lipinski definition) is 5. The van der Waals surface area contributed by atoms with Gasteiger partial charge in [0, 0.05) is 24.3 Å². The van der Waals surface area contributed by atoms with Crippen LogP contribution >= 0.6 is 23.2 Å². The van der Waals surface area contributed by atoms with Gasteiger partial charge in [-0.15, -0.1) is 0 Å². The Morgan fingerprint density at radius 3 is 2.62 bits per heavy atom. The molecule has 7 nitrogen and oxygen atoms in total. The highest BCUT2D eigenvalue weighted by Crippen LogP contribution is 2.29. The summed E-state index contributed by atoms with van der Waals surface area (Å²) in [6, 6.07) is 11.6. The van der Waals surface area contributed by atoms with Crippen molar-refractivity contribution in [3.8, 4) is 11.8 Å². The molecule has 0 fully saturated rings. The number of nitrogens with one attached hydrogen (secondary N) is 1. The fourth-order valence-corrected chi connectivity index (χ4v) is 4.96. The zero-order valence-electron chi connectivity index (χ0n) is 17.3. The summed E-state index contributed by atoms with van der Waals surface area (Å²) in [4.78, 5) is 8.53. The summed E-state index contributed by atoms with van der Waals surface area (Å²) in [6.45, 7) is 4.21. The first-order chi connectivity index (χ1) is 15.3. The number of hydrogen-bond donors (Lipinski definition) is 1. The van der Waals surface area contributed by atoms with Crippen LogP contribution in [0.15, 0.2) is 66.0 Å². The van der Waals surface area contributed by atoms with E-state index >= 15 is 0 Å². The molecule has 4 rings (SSSR count). The van der Waals surface area contributed by atoms with Gasteiger partial charge in [0.1, 0.15) is 5.75 Å². The Labute approximate surface area is 196 Å². The Balaban J connectivity index is 1.58. The second-order valence-corrected chi connectivity index (χ2v) is 9.64. The van der Waals surface area contributed by atoms with Crippen LogP contribution in [0.5, 0.6) is 11.8 Å². The average Bonchev–Trinajstić information content (AvgIpc) is 3.17. The summed E-state index contributed by atoms with van der Waals surface area (Å²) in [5.74, 6) is 0.612. The highest BCUT2D eigenvalue weighted by atomic mass is 35.5. The van der Waals surface area contributed by atoms with Gasteiger partial charge >= 0.3 is 6.01 Å². The van der Waals surface area contributed by atoms with Crippen LogP contribution in [0.1, 0.15) is 25.6 Å². The van der Waals surface area contributed by atoms with Crippen LogP contribution in [0.3, 0.4) is 0 Å². The zero-order chi connectivity index (χ0) is 22.9. The molecule has 166 valence electrons. The van der Waals surface area contributed by atoms with Crippen LogP contribution < -0.4 is 9.46 Å². The molecule has 2 aromatic carbocycles. The normalized spacial score (nSPS) is 12.8. The van der Waals surface area contributed by atoms with Gasteiger partial charge < -0.3 is 4.74 Å². The molecule has 0 aliphatic carbocycles. The number of benzene rings is 2. The third kappa shape index (κ3) is 4.59. The molecule has 0 aliphatic rings. The Morgan fingerprint density at radius 1 is 1.06 bits per heavy atom. The summed E-state index contributed by atoms with van der Waals surface area (Å²) >= 11 is 11.9. The monoisotopic (exact) mass is 490 g/mol. The topological polar surface area (TPSA) is 86.1 Å². The fraction of sp³-hybridized carbons (Fsp3) is 0.182. The van der Waals surface area contributed by atoms with Crippen molar-refractivity contribution < 1.29 is 13.2 Å². The van der Waals surface area contributed by atoms with Gasteiger partial charge in [0.15, 0.2) is 0 Å². The molecule has 0 spiro atoms. The molecule has 0 aliphatic heterocycles. The number of pyridine rings is 1. The van der Waals surface area contributed by atoms with Crippen LogP contribution in [-0.4, -0.2) is 23.0 Å². The van der Waals surface area contributed by atoms with Crippen molar-refractivity contribution in [1.29, 1.82) is 0 Å². The molecular formula is C22H20Cl2N4O3S. The zero-order valence-corrected chi connectivity index (χ0v) is 19.6. The summed E-state index contributed by atoms with van der Waals surface area (Å²) in [5.41, 5.74) is 0.661. The van der Waals surface area contributed by atoms with Gasteiger partial charge in [-0.3, -0.25) is 9.55 Å². The summed E-state index contributed by atoms with van der Waals surface area (Å²) < 4.78 is 36.1. The van der Waals surface area contributed by atoms with E-state index in [9.17, 15) is 8.42 Å². The molecule has 2 heterocycles. The van der Waals surface area contributed by atoms with E-state index in [0.29, 0.717) is 24.0 Å². The van der Waals surface area contributed by atoms with E-state index in [1.807, 2.05) is 35.8 Å². The number of imidazole rings is 1. The average molecular weight is 491 g/mol. The second kappa shape index (κ2) is 9.07. The lowest BCUT2D eigenvalue weighted by Gasteiger charge is -2.17. The number of aromatic nitrogens is 3. The number of halogens is 2. The van der Waals surface area contributed by atoms with Crippen LogP contribution in [0.2, 0.25) is 10.0 Å². The number of ether oxygens (including phenoxy) is 1. The van der Waals surface area contributed by atoms with Gasteiger partial charge in [0.25, 0.3) is 0 Å². The summed E-state index contributed by atoms with van der Waals surface area (Å²) in [7, 11) is -3.83. The molecule has 1 unspecified atom stereocenters. The molecule has 1 N–H and O–H groups in total. The third-order valence-corrected chi connectivity index (χ3v) is 7.24. The Kier molecular flexibility index (Phi) is 6.39. The van der Waals surface area contributed by atoms with Gasteiger partial charge in [-0.1, -0.05) is 29.3 Å². The maximum Gasteiger partial charge on any atom is 0.302 e. The predicted molar refractivity (Wildman–Crippen MR) is 125 cm³/mol. The van der Waals surface area contributed by atoms with Crippen molar-refractivity contribution in [2.75, 3.05) is 0 Å². The highest BCUT2D eigenvalue weighted by molar-refractivity contribution is 7.89. The van der Waals surface area contributed by atoms with E-state index in [-0.39, 0.29) is 14.9 Å². The number of rotatable bonds is 7. The molecule has 0 bridgehead atoms. The Bertz CT molecular complexity index is 1390. The van der Waals surface area contributed by atoms with Gasteiger partial charge in [0.2, 0.25) is 10.0 Å². The third-order valence-electron chi connectivity index (χ3n) is 4.96. The Morgan fingerprint density at radius 2 is 1.88 bits per heavy atom. The lowest BCUT2D eigenvalue weighted by Crippen LogP contribution is -2.28. The number of sulfonamides is 1. The van der Waals surface area contributed by atoms with Gasteiger partial charge in [-0.05, 0) is 55.6 Å². The molecular weight excluding hydrogens is 471 g/mol. The molecule has 2 aromatic heterocycles. The van der Waals surface area contributed by atoms with Crippen molar-refractivity contribution >= 4 is 44.0 Å². The first kappa shape index (κ1) is 22.5. The molecule has 32 heavy (non-hydrogen) atoms. The maximum absolute atomic E-state index is 12.8. The predicted octanol–water partition coefficient (Wildman–Crippen LogP) is 5.59. The van der Waals surface area contributed by atoms with Crippen molar-refractivity contribution in [3.05, 3.63) is 76.8 Å². The van der Waals surface area contributed by atoms with Crippen LogP contribution in [0, 0.1) is 0 Å². The van der Waals surface area contributed by atoms with E-state index in [4.69, 9.17) is 27.9 Å². The lowest BCUT2D eigenvalue weighted by atomic mass is 10.2. The minimum atomic E-state index is -3.83. The standard InChI is InChI=1S/C22H20Cl2N4O3S/c1-3-28-21(14(2)27-32(29,30)18-6-7-19(23)20(24)11-18)13-26-22(28)31-17-5-4-15-8-9-25-12-16(15)10-17/h4-14,27H,3H2,1-2H3. The first-order valence-corrected chi connectivity index (χ1v) is 12.1. The van der Waals surface area contributed by atoms with E-state index < -0.39 is 16.1 Å². The Hall–Kier alpha value is -2.65. The first-order valence-electron chi connectivity index (χ1n) is 9.83. The quantitative estimate of drug-likeness (QED) is 0.364. The molecule has 4 aromatic rings. The molecule has 0 saturated carbocycles. The summed E-state index contributed by atoms with van der Waals surface area (Å²) in [5, 5.41) is 2.45.